The van der Waals surface area contributed by atoms with Crippen molar-refractivity contribution in [2.75, 3.05) is 0 Å². The molecule has 0 radical (unpaired) electrons. The molecule has 0 spiro atoms. The van der Waals surface area contributed by atoms with Crippen LogP contribution >= 0.6 is 0 Å². The molecule has 0 fully saturated rings. The van der Waals surface area contributed by atoms with Crippen LogP contribution in [0.15, 0.2) is 12.1 Å². The van der Waals surface area contributed by atoms with Gasteiger partial charge >= 0.3 is 0 Å². The van der Waals surface area contributed by atoms with E-state index in [2.05, 4.69) is 13.8 Å². The Morgan fingerprint density at radius 2 is 1.64 bits per heavy atom. The first-order valence-corrected chi connectivity index (χ1v) is 4.89. The van der Waals surface area contributed by atoms with E-state index in [0.717, 1.165) is 5.56 Å². The average molecular weight is 198 g/mol. The second-order valence-electron chi connectivity index (χ2n) is 4.17. The fourth-order valence-electron chi connectivity index (χ4n) is 1.40. The summed E-state index contributed by atoms with van der Waals surface area (Å²) in [6, 6.07) is 3.02. The lowest BCUT2D eigenvalue weighted by Gasteiger charge is -2.16. The fraction of sp³-hybridized carbons (Fsp3) is 0.500. The minimum Gasteiger partial charge on any atom is -0.204 e. The van der Waals surface area contributed by atoms with Crippen molar-refractivity contribution in [3.63, 3.8) is 0 Å². The van der Waals surface area contributed by atoms with Gasteiger partial charge in [0.05, 0.1) is 0 Å². The van der Waals surface area contributed by atoms with Gasteiger partial charge in [0.2, 0.25) is 0 Å². The fourth-order valence-corrected chi connectivity index (χ4v) is 1.40. The molecule has 14 heavy (non-hydrogen) atoms. The maximum Gasteiger partial charge on any atom is 0.161 e. The predicted molar refractivity (Wildman–Crippen MR) is 54.3 cm³/mol. The summed E-state index contributed by atoms with van der Waals surface area (Å²) in [4.78, 5) is 0. The molecule has 0 aliphatic carbocycles. The van der Waals surface area contributed by atoms with Crippen molar-refractivity contribution in [2.45, 2.75) is 33.6 Å². The summed E-state index contributed by atoms with van der Waals surface area (Å²) in [7, 11) is 0. The van der Waals surface area contributed by atoms with E-state index >= 15 is 0 Å². The van der Waals surface area contributed by atoms with Crippen LogP contribution in [0.4, 0.5) is 8.78 Å². The normalized spacial score (nSPS) is 13.4. The molecule has 1 atom stereocenters. The van der Waals surface area contributed by atoms with Crippen LogP contribution in [0.3, 0.4) is 0 Å². The maximum absolute atomic E-state index is 13.1. The lowest BCUT2D eigenvalue weighted by molar-refractivity contribution is 0.490. The third kappa shape index (κ3) is 2.11. The van der Waals surface area contributed by atoms with Crippen LogP contribution in [0.2, 0.25) is 0 Å². The minimum atomic E-state index is -0.743. The number of benzene rings is 1. The molecule has 1 aromatic rings. The maximum atomic E-state index is 13.1. The van der Waals surface area contributed by atoms with Gasteiger partial charge in [-0.3, -0.25) is 0 Å². The first-order valence-electron chi connectivity index (χ1n) is 4.89. The Morgan fingerprint density at radius 3 is 2.07 bits per heavy atom. The van der Waals surface area contributed by atoms with Crippen molar-refractivity contribution in [3.05, 3.63) is 34.9 Å². The Labute approximate surface area is 84.0 Å². The SMILES string of the molecule is Cc1cc(C(C)C(C)C)cc(F)c1F. The molecule has 0 bridgehead atoms. The summed E-state index contributed by atoms with van der Waals surface area (Å²) >= 11 is 0. The summed E-state index contributed by atoms with van der Waals surface area (Å²) in [5.74, 6) is -0.791. The van der Waals surface area contributed by atoms with Crippen molar-refractivity contribution < 1.29 is 8.78 Å². The summed E-state index contributed by atoms with van der Waals surface area (Å²) in [6.45, 7) is 7.76. The van der Waals surface area contributed by atoms with Gasteiger partial charge < -0.3 is 0 Å². The molecule has 0 nitrogen and oxygen atoms in total. The quantitative estimate of drug-likeness (QED) is 0.673. The Bertz CT molecular complexity index is 306. The third-order valence-electron chi connectivity index (χ3n) is 2.76. The molecule has 1 rings (SSSR count). The van der Waals surface area contributed by atoms with Crippen LogP contribution in [0.1, 0.15) is 37.8 Å². The van der Waals surface area contributed by atoms with Crippen LogP contribution in [0, 0.1) is 24.5 Å². The largest absolute Gasteiger partial charge is 0.204 e. The number of rotatable bonds is 2. The molecule has 78 valence electrons. The number of hydrogen-bond donors (Lipinski definition) is 0. The second kappa shape index (κ2) is 4.07. The van der Waals surface area contributed by atoms with Gasteiger partial charge in [0.1, 0.15) is 0 Å². The highest BCUT2D eigenvalue weighted by atomic mass is 19.2. The lowest BCUT2D eigenvalue weighted by Crippen LogP contribution is -2.04. The molecule has 0 saturated heterocycles. The molecule has 1 unspecified atom stereocenters. The summed E-state index contributed by atoms with van der Waals surface area (Å²) in [6.07, 6.45) is 0. The van der Waals surface area contributed by atoms with Gasteiger partial charge in [-0.15, -0.1) is 0 Å². The minimum absolute atomic E-state index is 0.254. The van der Waals surface area contributed by atoms with Crippen molar-refractivity contribution in [1.29, 1.82) is 0 Å². The van der Waals surface area contributed by atoms with E-state index in [9.17, 15) is 8.78 Å². The van der Waals surface area contributed by atoms with Crippen LogP contribution in [0.5, 0.6) is 0 Å². The van der Waals surface area contributed by atoms with Crippen LogP contribution < -0.4 is 0 Å². The molecule has 0 aromatic heterocycles. The van der Waals surface area contributed by atoms with Gasteiger partial charge in [-0.1, -0.05) is 26.8 Å². The highest BCUT2D eigenvalue weighted by Crippen LogP contribution is 2.26. The van der Waals surface area contributed by atoms with E-state index in [4.69, 9.17) is 0 Å². The van der Waals surface area contributed by atoms with Crippen LogP contribution in [-0.2, 0) is 0 Å². The summed E-state index contributed by atoms with van der Waals surface area (Å²) in [5.41, 5.74) is 1.25. The van der Waals surface area contributed by atoms with Gasteiger partial charge in [0.15, 0.2) is 11.6 Å². The zero-order chi connectivity index (χ0) is 10.9. The first kappa shape index (κ1) is 11.2. The molecule has 0 saturated carbocycles. The lowest BCUT2D eigenvalue weighted by atomic mass is 9.89. The summed E-state index contributed by atoms with van der Waals surface area (Å²) in [5, 5.41) is 0. The smallest absolute Gasteiger partial charge is 0.161 e. The predicted octanol–water partition coefficient (Wildman–Crippen LogP) is 4.03. The van der Waals surface area contributed by atoms with Gasteiger partial charge in [0.25, 0.3) is 0 Å². The number of hydrogen-bond acceptors (Lipinski definition) is 0. The van der Waals surface area contributed by atoms with Crippen molar-refractivity contribution >= 4 is 0 Å². The standard InChI is InChI=1S/C12H16F2/c1-7(2)9(4)10-5-8(3)12(14)11(13)6-10/h5-7,9H,1-4H3. The molecule has 1 aromatic carbocycles. The Balaban J connectivity index is 3.12. The highest BCUT2D eigenvalue weighted by Gasteiger charge is 2.14. The molecule has 0 N–H and O–H groups in total. The Kier molecular flexibility index (Phi) is 3.25. The molecule has 0 heterocycles. The van der Waals surface area contributed by atoms with E-state index in [0.29, 0.717) is 11.5 Å². The molecule has 2 heteroatoms. The molecule has 0 amide bonds. The van der Waals surface area contributed by atoms with E-state index < -0.39 is 11.6 Å². The summed E-state index contributed by atoms with van der Waals surface area (Å²) < 4.78 is 26.1. The van der Waals surface area contributed by atoms with Gasteiger partial charge in [-0.05, 0) is 36.0 Å². The zero-order valence-electron chi connectivity index (χ0n) is 9.07. The van der Waals surface area contributed by atoms with Crippen LogP contribution in [-0.4, -0.2) is 0 Å². The van der Waals surface area contributed by atoms with Crippen molar-refractivity contribution in [2.24, 2.45) is 5.92 Å². The topological polar surface area (TPSA) is 0 Å². The molecular formula is C12H16F2. The Hall–Kier alpha value is -0.920. The zero-order valence-corrected chi connectivity index (χ0v) is 9.07. The first-order chi connectivity index (χ1) is 6.43. The number of aryl methyl sites for hydroxylation is 1. The van der Waals surface area contributed by atoms with Crippen LogP contribution in [0.25, 0.3) is 0 Å². The number of halogens is 2. The average Bonchev–Trinajstić information content (AvgIpc) is 2.12. The van der Waals surface area contributed by atoms with E-state index in [1.807, 2.05) is 6.92 Å². The Morgan fingerprint density at radius 1 is 1.07 bits per heavy atom. The van der Waals surface area contributed by atoms with Gasteiger partial charge in [-0.25, -0.2) is 8.78 Å². The van der Waals surface area contributed by atoms with Gasteiger partial charge in [-0.2, -0.15) is 0 Å². The highest BCUT2D eigenvalue weighted by molar-refractivity contribution is 5.28. The molecule has 0 aliphatic heterocycles. The van der Waals surface area contributed by atoms with E-state index in [-0.39, 0.29) is 5.92 Å². The van der Waals surface area contributed by atoms with Gasteiger partial charge in [0, 0.05) is 0 Å². The van der Waals surface area contributed by atoms with E-state index in [1.165, 1.54) is 6.07 Å². The van der Waals surface area contributed by atoms with E-state index in [1.54, 1.807) is 13.0 Å². The third-order valence-corrected chi connectivity index (χ3v) is 2.76. The van der Waals surface area contributed by atoms with Crippen molar-refractivity contribution in [3.8, 4) is 0 Å². The molecular weight excluding hydrogens is 182 g/mol. The van der Waals surface area contributed by atoms with Crippen molar-refractivity contribution in [1.82, 2.24) is 0 Å². The monoisotopic (exact) mass is 198 g/mol. The molecule has 0 aliphatic rings. The second-order valence-corrected chi connectivity index (χ2v) is 4.17.